The SMILES string of the molecule is CCOC(=O)[C@H](CCCc1ccccc1)N[C@H]1CCc2ccccc2N(CC(=O)O)C1=O. The van der Waals surface area contributed by atoms with Crippen molar-refractivity contribution < 1.29 is 24.2 Å². The van der Waals surface area contributed by atoms with Gasteiger partial charge in [0, 0.05) is 5.69 Å². The van der Waals surface area contributed by atoms with E-state index in [9.17, 15) is 19.5 Å². The van der Waals surface area contributed by atoms with E-state index in [-0.39, 0.29) is 18.5 Å². The van der Waals surface area contributed by atoms with Crippen LogP contribution in [0.1, 0.15) is 37.3 Å². The van der Waals surface area contributed by atoms with Crippen LogP contribution in [0.4, 0.5) is 5.69 Å². The summed E-state index contributed by atoms with van der Waals surface area (Å²) >= 11 is 0. The van der Waals surface area contributed by atoms with Gasteiger partial charge in [0.1, 0.15) is 12.6 Å². The first-order chi connectivity index (χ1) is 15.5. The van der Waals surface area contributed by atoms with E-state index in [0.717, 1.165) is 18.4 Å². The molecule has 1 aliphatic heterocycles. The van der Waals surface area contributed by atoms with Gasteiger partial charge in [-0.05, 0) is 56.2 Å². The van der Waals surface area contributed by atoms with Crippen LogP contribution in [0.3, 0.4) is 0 Å². The fraction of sp³-hybridized carbons (Fsp3) is 0.400. The summed E-state index contributed by atoms with van der Waals surface area (Å²) in [5.74, 6) is -1.81. The molecule has 0 saturated heterocycles. The third kappa shape index (κ3) is 6.17. The molecule has 2 atom stereocenters. The minimum Gasteiger partial charge on any atom is -0.480 e. The summed E-state index contributed by atoms with van der Waals surface area (Å²) in [7, 11) is 0. The number of nitrogens with one attached hydrogen (secondary N) is 1. The van der Waals surface area contributed by atoms with E-state index in [4.69, 9.17) is 4.74 Å². The quantitative estimate of drug-likeness (QED) is 0.554. The van der Waals surface area contributed by atoms with Gasteiger partial charge in [-0.2, -0.15) is 0 Å². The van der Waals surface area contributed by atoms with Gasteiger partial charge in [-0.15, -0.1) is 0 Å². The van der Waals surface area contributed by atoms with Crippen LogP contribution < -0.4 is 10.2 Å². The number of esters is 1. The normalized spacial score (nSPS) is 16.7. The lowest BCUT2D eigenvalue weighted by Gasteiger charge is -2.27. The van der Waals surface area contributed by atoms with Gasteiger partial charge in [-0.3, -0.25) is 24.6 Å². The molecule has 7 heteroatoms. The Morgan fingerprint density at radius 1 is 1.16 bits per heavy atom. The Balaban J connectivity index is 1.74. The van der Waals surface area contributed by atoms with Gasteiger partial charge >= 0.3 is 11.9 Å². The number of aryl methyl sites for hydroxylation is 2. The summed E-state index contributed by atoms with van der Waals surface area (Å²) in [6.45, 7) is 1.58. The van der Waals surface area contributed by atoms with Crippen molar-refractivity contribution in [1.82, 2.24) is 5.32 Å². The predicted molar refractivity (Wildman–Crippen MR) is 121 cm³/mol. The van der Waals surface area contributed by atoms with Crippen LogP contribution in [-0.2, 0) is 32.0 Å². The monoisotopic (exact) mass is 438 g/mol. The zero-order chi connectivity index (χ0) is 22.9. The standard InChI is InChI=1S/C25H30N2O5/c1-2-32-25(31)21(13-8-11-18-9-4-3-5-10-18)26-20-16-15-19-12-6-7-14-22(19)27(24(20)30)17-23(28)29/h3-7,9-10,12,14,20-21,26H,2,8,11,13,15-17H2,1H3,(H,28,29)/t20-,21-/m0/s1. The largest absolute Gasteiger partial charge is 0.480 e. The van der Waals surface area contributed by atoms with E-state index < -0.39 is 24.6 Å². The van der Waals surface area contributed by atoms with E-state index in [0.29, 0.717) is 24.9 Å². The molecule has 0 unspecified atom stereocenters. The van der Waals surface area contributed by atoms with Gasteiger partial charge in [0.05, 0.1) is 12.6 Å². The highest BCUT2D eigenvalue weighted by Crippen LogP contribution is 2.27. The van der Waals surface area contributed by atoms with Crippen LogP contribution in [0.2, 0.25) is 0 Å². The van der Waals surface area contributed by atoms with Crippen LogP contribution in [-0.4, -0.2) is 48.2 Å². The zero-order valence-corrected chi connectivity index (χ0v) is 18.3. The lowest BCUT2D eigenvalue weighted by molar-refractivity contribution is -0.146. The Morgan fingerprint density at radius 2 is 1.88 bits per heavy atom. The van der Waals surface area contributed by atoms with Crippen LogP contribution in [0.5, 0.6) is 0 Å². The number of benzene rings is 2. The highest BCUT2D eigenvalue weighted by molar-refractivity contribution is 6.02. The summed E-state index contributed by atoms with van der Waals surface area (Å²) in [4.78, 5) is 38.7. The number of fused-ring (bicyclic) bond motifs is 1. The fourth-order valence-electron chi connectivity index (χ4n) is 4.08. The van der Waals surface area contributed by atoms with Gasteiger partial charge in [0.25, 0.3) is 0 Å². The maximum absolute atomic E-state index is 13.3. The van der Waals surface area contributed by atoms with Crippen molar-refractivity contribution in [2.75, 3.05) is 18.1 Å². The molecule has 0 spiro atoms. The van der Waals surface area contributed by atoms with Crippen LogP contribution in [0, 0.1) is 0 Å². The molecule has 2 aromatic carbocycles. The van der Waals surface area contributed by atoms with Gasteiger partial charge < -0.3 is 9.84 Å². The molecule has 1 aliphatic rings. The molecule has 2 N–H and O–H groups in total. The van der Waals surface area contributed by atoms with E-state index >= 15 is 0 Å². The van der Waals surface area contributed by atoms with Gasteiger partial charge in [-0.25, -0.2) is 0 Å². The number of rotatable bonds is 10. The second kappa shape index (κ2) is 11.4. The van der Waals surface area contributed by atoms with E-state index in [2.05, 4.69) is 5.32 Å². The van der Waals surface area contributed by atoms with Gasteiger partial charge in [0.15, 0.2) is 0 Å². The predicted octanol–water partition coefficient (Wildman–Crippen LogP) is 2.96. The second-order valence-corrected chi connectivity index (χ2v) is 7.89. The first-order valence-electron chi connectivity index (χ1n) is 11.1. The molecule has 0 aromatic heterocycles. The lowest BCUT2D eigenvalue weighted by Crippen LogP contribution is -2.53. The van der Waals surface area contributed by atoms with E-state index in [1.807, 2.05) is 42.5 Å². The zero-order valence-electron chi connectivity index (χ0n) is 18.3. The first-order valence-corrected chi connectivity index (χ1v) is 11.1. The van der Waals surface area contributed by atoms with Crippen molar-refractivity contribution in [3.8, 4) is 0 Å². The number of nitrogens with zero attached hydrogens (tertiary/aromatic N) is 1. The van der Waals surface area contributed by atoms with Crippen molar-refractivity contribution in [2.45, 2.75) is 51.1 Å². The number of aliphatic carboxylic acids is 1. The number of anilines is 1. The molecular formula is C25H30N2O5. The number of hydrogen-bond donors (Lipinski definition) is 2. The van der Waals surface area contributed by atoms with Crippen LogP contribution >= 0.6 is 0 Å². The van der Waals surface area contributed by atoms with Gasteiger partial charge in [0.2, 0.25) is 5.91 Å². The maximum atomic E-state index is 13.3. The highest BCUT2D eigenvalue weighted by Gasteiger charge is 2.34. The van der Waals surface area contributed by atoms with Crippen molar-refractivity contribution in [3.05, 3.63) is 65.7 Å². The Morgan fingerprint density at radius 3 is 2.59 bits per heavy atom. The number of carbonyl (C=O) groups excluding carboxylic acids is 2. The molecule has 0 saturated carbocycles. The van der Waals surface area contributed by atoms with Crippen LogP contribution in [0.25, 0.3) is 0 Å². The summed E-state index contributed by atoms with van der Waals surface area (Å²) < 4.78 is 5.25. The molecule has 170 valence electrons. The topological polar surface area (TPSA) is 95.9 Å². The van der Waals surface area contributed by atoms with Crippen molar-refractivity contribution in [3.63, 3.8) is 0 Å². The molecule has 0 fully saturated rings. The Labute approximate surface area is 188 Å². The second-order valence-electron chi connectivity index (χ2n) is 7.89. The molecule has 0 radical (unpaired) electrons. The van der Waals surface area contributed by atoms with Crippen molar-refractivity contribution in [2.24, 2.45) is 0 Å². The number of carboxylic acid groups (broad SMARTS) is 1. The number of carbonyl (C=O) groups is 3. The molecule has 1 heterocycles. The minimum absolute atomic E-state index is 0.255. The van der Waals surface area contributed by atoms with Crippen LogP contribution in [0.15, 0.2) is 54.6 Å². The smallest absolute Gasteiger partial charge is 0.323 e. The van der Waals surface area contributed by atoms with E-state index in [1.54, 1.807) is 19.1 Å². The number of ether oxygens (including phenoxy) is 1. The third-order valence-electron chi connectivity index (χ3n) is 5.62. The number of hydrogen-bond acceptors (Lipinski definition) is 5. The molecule has 2 aromatic rings. The van der Waals surface area contributed by atoms with E-state index in [1.165, 1.54) is 10.5 Å². The summed E-state index contributed by atoms with van der Waals surface area (Å²) in [6.07, 6.45) is 3.16. The van der Waals surface area contributed by atoms with Gasteiger partial charge in [-0.1, -0.05) is 48.5 Å². The maximum Gasteiger partial charge on any atom is 0.323 e. The Bertz CT molecular complexity index is 931. The number of para-hydroxylation sites is 1. The fourth-order valence-corrected chi connectivity index (χ4v) is 4.08. The van der Waals surface area contributed by atoms with Crippen molar-refractivity contribution in [1.29, 1.82) is 0 Å². The minimum atomic E-state index is -1.08. The average Bonchev–Trinajstić information content (AvgIpc) is 2.91. The molecule has 3 rings (SSSR count). The molecular weight excluding hydrogens is 408 g/mol. The first kappa shape index (κ1) is 23.5. The number of amides is 1. The summed E-state index contributed by atoms with van der Waals surface area (Å²) in [5, 5.41) is 12.6. The molecule has 32 heavy (non-hydrogen) atoms. The highest BCUT2D eigenvalue weighted by atomic mass is 16.5. The lowest BCUT2D eigenvalue weighted by atomic mass is 10.0. The summed E-state index contributed by atoms with van der Waals surface area (Å²) in [5.41, 5.74) is 2.72. The molecule has 0 bridgehead atoms. The molecule has 7 nitrogen and oxygen atoms in total. The molecule has 0 aliphatic carbocycles. The molecule has 1 amide bonds. The van der Waals surface area contributed by atoms with Crippen molar-refractivity contribution >= 4 is 23.5 Å². The average molecular weight is 439 g/mol. The Kier molecular flexibility index (Phi) is 8.39. The third-order valence-corrected chi connectivity index (χ3v) is 5.62. The number of carboxylic acids is 1. The Hall–Kier alpha value is -3.19. The summed E-state index contributed by atoms with van der Waals surface area (Å²) in [6, 6.07) is 16.0.